The first-order valence-electron chi connectivity index (χ1n) is 7.46. The smallest absolute Gasteiger partial charge is 0.220 e. The van der Waals surface area contributed by atoms with Gasteiger partial charge in [-0.3, -0.25) is 4.79 Å². The van der Waals surface area contributed by atoms with Crippen LogP contribution in [0.25, 0.3) is 0 Å². The fourth-order valence-electron chi connectivity index (χ4n) is 3.64. The molecule has 18 heavy (non-hydrogen) atoms. The van der Waals surface area contributed by atoms with Crippen molar-refractivity contribution in [3.63, 3.8) is 0 Å². The molecule has 0 aromatic rings. The summed E-state index contributed by atoms with van der Waals surface area (Å²) in [6, 6.07) is 1.69. The van der Waals surface area contributed by atoms with Crippen molar-refractivity contribution in [3.8, 4) is 0 Å². The Hall–Kier alpha value is -0.610. The Morgan fingerprint density at radius 1 is 1.22 bits per heavy atom. The summed E-state index contributed by atoms with van der Waals surface area (Å²) in [7, 11) is 0. The number of carbonyl (C=O) groups is 1. The predicted octanol–water partition coefficient (Wildman–Crippen LogP) is 1.34. The molecule has 0 saturated carbocycles. The fraction of sp³-hybridized carbons (Fsp3) is 0.929. The van der Waals surface area contributed by atoms with E-state index < -0.39 is 0 Å². The SMILES string of the molecule is O=C(CCC1CCCO1)NC1CC2CCC(C1)N2. The van der Waals surface area contributed by atoms with Crippen molar-refractivity contribution in [2.24, 2.45) is 0 Å². The van der Waals surface area contributed by atoms with Gasteiger partial charge >= 0.3 is 0 Å². The van der Waals surface area contributed by atoms with E-state index in [1.807, 2.05) is 0 Å². The summed E-state index contributed by atoms with van der Waals surface area (Å²) < 4.78 is 5.55. The number of fused-ring (bicyclic) bond motifs is 2. The highest BCUT2D eigenvalue weighted by molar-refractivity contribution is 5.76. The molecule has 3 unspecified atom stereocenters. The molecule has 3 aliphatic heterocycles. The van der Waals surface area contributed by atoms with E-state index >= 15 is 0 Å². The van der Waals surface area contributed by atoms with Gasteiger partial charge in [0.1, 0.15) is 0 Å². The molecule has 0 radical (unpaired) electrons. The predicted molar refractivity (Wildman–Crippen MR) is 69.3 cm³/mol. The number of hydrogen-bond acceptors (Lipinski definition) is 3. The third kappa shape index (κ3) is 3.04. The second kappa shape index (κ2) is 5.57. The van der Waals surface area contributed by atoms with Gasteiger partial charge in [0.2, 0.25) is 5.91 Å². The molecule has 3 saturated heterocycles. The molecular weight excluding hydrogens is 228 g/mol. The summed E-state index contributed by atoms with van der Waals surface area (Å²) in [6.45, 7) is 0.879. The Kier molecular flexibility index (Phi) is 3.85. The van der Waals surface area contributed by atoms with Crippen LogP contribution < -0.4 is 10.6 Å². The molecule has 2 N–H and O–H groups in total. The van der Waals surface area contributed by atoms with Gasteiger partial charge in [0, 0.05) is 31.2 Å². The van der Waals surface area contributed by atoms with Gasteiger partial charge in [-0.25, -0.2) is 0 Å². The maximum Gasteiger partial charge on any atom is 0.220 e. The molecule has 3 atom stereocenters. The summed E-state index contributed by atoms with van der Waals surface area (Å²) in [4.78, 5) is 11.9. The maximum atomic E-state index is 11.9. The van der Waals surface area contributed by atoms with Crippen LogP contribution in [0.15, 0.2) is 0 Å². The molecule has 102 valence electrons. The Balaban J connectivity index is 1.38. The zero-order chi connectivity index (χ0) is 12.4. The maximum absolute atomic E-state index is 11.9. The first kappa shape index (κ1) is 12.4. The van der Waals surface area contributed by atoms with Crippen molar-refractivity contribution in [2.75, 3.05) is 6.61 Å². The highest BCUT2D eigenvalue weighted by Gasteiger charge is 2.33. The fourth-order valence-corrected chi connectivity index (χ4v) is 3.64. The first-order valence-corrected chi connectivity index (χ1v) is 7.46. The van der Waals surface area contributed by atoms with E-state index in [4.69, 9.17) is 4.74 Å². The van der Waals surface area contributed by atoms with Crippen LogP contribution in [0.1, 0.15) is 51.4 Å². The minimum absolute atomic E-state index is 0.219. The van der Waals surface area contributed by atoms with Crippen LogP contribution in [-0.2, 0) is 9.53 Å². The van der Waals surface area contributed by atoms with Crippen LogP contribution in [-0.4, -0.2) is 36.7 Å². The van der Waals surface area contributed by atoms with Crippen LogP contribution in [0.2, 0.25) is 0 Å². The van der Waals surface area contributed by atoms with Gasteiger partial charge in [-0.1, -0.05) is 0 Å². The lowest BCUT2D eigenvalue weighted by atomic mass is 9.99. The molecule has 0 aromatic carbocycles. The minimum atomic E-state index is 0.219. The molecule has 2 bridgehead atoms. The highest BCUT2D eigenvalue weighted by atomic mass is 16.5. The Morgan fingerprint density at radius 2 is 2.00 bits per heavy atom. The third-order valence-corrected chi connectivity index (χ3v) is 4.56. The summed E-state index contributed by atoms with van der Waals surface area (Å²) in [5, 5.41) is 6.81. The summed E-state index contributed by atoms with van der Waals surface area (Å²) in [5.41, 5.74) is 0. The van der Waals surface area contributed by atoms with E-state index in [2.05, 4.69) is 10.6 Å². The molecule has 4 nitrogen and oxygen atoms in total. The molecule has 3 aliphatic rings. The number of amides is 1. The Labute approximate surface area is 109 Å². The summed E-state index contributed by atoms with van der Waals surface area (Å²) in [5.74, 6) is 0.219. The number of hydrogen-bond donors (Lipinski definition) is 2. The standard InChI is InChI=1S/C14H24N2O2/c17-14(6-5-13-2-1-7-18-13)16-12-8-10-3-4-11(9-12)15-10/h10-13,15H,1-9H2,(H,16,17). The lowest BCUT2D eigenvalue weighted by Crippen LogP contribution is -2.48. The molecule has 3 rings (SSSR count). The Morgan fingerprint density at radius 3 is 2.67 bits per heavy atom. The lowest BCUT2D eigenvalue weighted by Gasteiger charge is -2.29. The van der Waals surface area contributed by atoms with Crippen molar-refractivity contribution < 1.29 is 9.53 Å². The number of ether oxygens (including phenoxy) is 1. The van der Waals surface area contributed by atoms with Gasteiger partial charge in [-0.2, -0.15) is 0 Å². The van der Waals surface area contributed by atoms with Crippen LogP contribution in [0.5, 0.6) is 0 Å². The number of nitrogens with one attached hydrogen (secondary N) is 2. The monoisotopic (exact) mass is 252 g/mol. The van der Waals surface area contributed by atoms with Crippen LogP contribution in [0, 0.1) is 0 Å². The molecule has 0 spiro atoms. The lowest BCUT2D eigenvalue weighted by molar-refractivity contribution is -0.122. The summed E-state index contributed by atoms with van der Waals surface area (Å²) in [6.07, 6.45) is 8.94. The molecule has 3 heterocycles. The second-order valence-corrected chi connectivity index (χ2v) is 6.05. The van der Waals surface area contributed by atoms with Crippen LogP contribution in [0.3, 0.4) is 0 Å². The van der Waals surface area contributed by atoms with E-state index in [9.17, 15) is 4.79 Å². The molecule has 0 aromatic heterocycles. The normalized spacial score (nSPS) is 38.9. The average Bonchev–Trinajstić information content (AvgIpc) is 2.97. The molecular formula is C14H24N2O2. The van der Waals surface area contributed by atoms with E-state index in [1.54, 1.807) is 0 Å². The molecule has 4 heteroatoms. The molecule has 0 aliphatic carbocycles. The quantitative estimate of drug-likeness (QED) is 0.794. The van der Waals surface area contributed by atoms with Gasteiger partial charge in [-0.15, -0.1) is 0 Å². The van der Waals surface area contributed by atoms with E-state index in [0.29, 0.717) is 30.7 Å². The van der Waals surface area contributed by atoms with Crippen LogP contribution >= 0.6 is 0 Å². The summed E-state index contributed by atoms with van der Waals surface area (Å²) >= 11 is 0. The minimum Gasteiger partial charge on any atom is -0.378 e. The van der Waals surface area contributed by atoms with Gasteiger partial charge in [-0.05, 0) is 44.9 Å². The number of rotatable bonds is 4. The topological polar surface area (TPSA) is 50.4 Å². The van der Waals surface area contributed by atoms with Crippen molar-refractivity contribution in [1.29, 1.82) is 0 Å². The van der Waals surface area contributed by atoms with Crippen molar-refractivity contribution >= 4 is 5.91 Å². The molecule has 3 fully saturated rings. The third-order valence-electron chi connectivity index (χ3n) is 4.56. The average molecular weight is 252 g/mol. The zero-order valence-electron chi connectivity index (χ0n) is 11.0. The van der Waals surface area contributed by atoms with Crippen molar-refractivity contribution in [1.82, 2.24) is 10.6 Å². The molecule has 1 amide bonds. The number of piperidine rings is 1. The van der Waals surface area contributed by atoms with E-state index in [0.717, 1.165) is 38.7 Å². The van der Waals surface area contributed by atoms with E-state index in [1.165, 1.54) is 12.8 Å². The van der Waals surface area contributed by atoms with Crippen molar-refractivity contribution in [2.45, 2.75) is 75.6 Å². The van der Waals surface area contributed by atoms with Gasteiger partial charge in [0.25, 0.3) is 0 Å². The Bertz CT molecular complexity index is 290. The highest BCUT2D eigenvalue weighted by Crippen LogP contribution is 2.26. The second-order valence-electron chi connectivity index (χ2n) is 6.05. The zero-order valence-corrected chi connectivity index (χ0v) is 11.0. The van der Waals surface area contributed by atoms with Gasteiger partial charge in [0.05, 0.1) is 6.10 Å². The van der Waals surface area contributed by atoms with E-state index in [-0.39, 0.29) is 5.91 Å². The van der Waals surface area contributed by atoms with Crippen LogP contribution in [0.4, 0.5) is 0 Å². The van der Waals surface area contributed by atoms with Gasteiger partial charge in [0.15, 0.2) is 0 Å². The number of carbonyl (C=O) groups excluding carboxylic acids is 1. The largest absolute Gasteiger partial charge is 0.378 e. The first-order chi connectivity index (χ1) is 8.79. The van der Waals surface area contributed by atoms with Crippen molar-refractivity contribution in [3.05, 3.63) is 0 Å². The van der Waals surface area contributed by atoms with Gasteiger partial charge < -0.3 is 15.4 Å².